The molecule has 0 radical (unpaired) electrons. The molecule has 0 fully saturated rings. The number of hydrogen-bond donors (Lipinski definition) is 1. The van der Waals surface area contributed by atoms with Crippen molar-refractivity contribution in [2.24, 2.45) is 9.50 Å². The van der Waals surface area contributed by atoms with Gasteiger partial charge in [0.15, 0.2) is 5.84 Å². The lowest BCUT2D eigenvalue weighted by molar-refractivity contribution is 0.480. The van der Waals surface area contributed by atoms with Crippen LogP contribution in [0, 0.1) is 11.2 Å². The first-order chi connectivity index (χ1) is 18.7. The van der Waals surface area contributed by atoms with E-state index in [4.69, 9.17) is 33.7 Å². The highest BCUT2D eigenvalue weighted by Crippen LogP contribution is 2.30. The Labute approximate surface area is 235 Å². The van der Waals surface area contributed by atoms with E-state index in [-0.39, 0.29) is 34.5 Å². The fourth-order valence-corrected chi connectivity index (χ4v) is 5.45. The maximum atomic E-state index is 13.6. The lowest BCUT2D eigenvalue weighted by Crippen LogP contribution is -2.33. The van der Waals surface area contributed by atoms with E-state index in [2.05, 4.69) is 4.40 Å². The van der Waals surface area contributed by atoms with Crippen LogP contribution in [0.2, 0.25) is 10.0 Å². The molecule has 0 unspecified atom stereocenters. The summed E-state index contributed by atoms with van der Waals surface area (Å²) in [5.74, 6) is -0.925. The summed E-state index contributed by atoms with van der Waals surface area (Å²) in [6, 6.07) is 27.7. The van der Waals surface area contributed by atoms with E-state index in [1.807, 2.05) is 42.5 Å². The summed E-state index contributed by atoms with van der Waals surface area (Å²) in [4.78, 5) is -0.0861. The van der Waals surface area contributed by atoms with E-state index in [9.17, 15) is 12.8 Å². The molecule has 1 atom stereocenters. The molecule has 0 saturated heterocycles. The monoisotopic (exact) mass is 578 g/mol. The van der Waals surface area contributed by atoms with Gasteiger partial charge >= 0.3 is 0 Å². The van der Waals surface area contributed by atoms with Crippen LogP contribution in [0.15, 0.2) is 118 Å². The standard InChI is InChI=1S/C29H21Cl2FN4O2S/c30-22-10-6-21(7-11-22)28-26(19-4-2-1-3-5-19)18-36(34-28)29(27(33)20-8-14-24(32)15-9-20)35-39(37,38)25-16-12-23(31)13-17-25/h1-17,26,33H,18H2/b33-27?,35-29+/t26-/m1/s1. The molecule has 39 heavy (non-hydrogen) atoms. The number of benzene rings is 4. The predicted molar refractivity (Wildman–Crippen MR) is 153 cm³/mol. The van der Waals surface area contributed by atoms with Crippen molar-refractivity contribution in [2.75, 3.05) is 6.54 Å². The van der Waals surface area contributed by atoms with Gasteiger partial charge in [-0.2, -0.15) is 13.5 Å². The lowest BCUT2D eigenvalue weighted by atomic mass is 9.90. The van der Waals surface area contributed by atoms with Gasteiger partial charge < -0.3 is 0 Å². The number of sulfonamides is 1. The zero-order valence-corrected chi connectivity index (χ0v) is 22.6. The van der Waals surface area contributed by atoms with Crippen LogP contribution in [0.5, 0.6) is 0 Å². The van der Waals surface area contributed by atoms with Gasteiger partial charge in [-0.3, -0.25) is 5.41 Å². The fraction of sp³-hybridized carbons (Fsp3) is 0.0690. The molecule has 6 nitrogen and oxygen atoms in total. The van der Waals surface area contributed by atoms with E-state index in [1.165, 1.54) is 53.5 Å². The zero-order valence-electron chi connectivity index (χ0n) is 20.3. The normalized spacial score (nSPS) is 15.8. The third-order valence-electron chi connectivity index (χ3n) is 6.18. The van der Waals surface area contributed by atoms with E-state index < -0.39 is 15.8 Å². The van der Waals surface area contributed by atoms with Gasteiger partial charge in [0.25, 0.3) is 10.0 Å². The second kappa shape index (κ2) is 11.1. The van der Waals surface area contributed by atoms with E-state index in [0.717, 1.165) is 11.1 Å². The minimum absolute atomic E-state index is 0.0861. The first kappa shape index (κ1) is 26.7. The molecular weight excluding hydrogens is 558 g/mol. The second-order valence-corrected chi connectivity index (χ2v) is 11.2. The van der Waals surface area contributed by atoms with Crippen molar-refractivity contribution in [3.63, 3.8) is 0 Å². The number of amidine groups is 1. The Bertz CT molecular complexity index is 1670. The predicted octanol–water partition coefficient (Wildman–Crippen LogP) is 6.79. The largest absolute Gasteiger partial charge is 0.296 e. The first-order valence-corrected chi connectivity index (χ1v) is 14.0. The minimum Gasteiger partial charge on any atom is -0.296 e. The fourth-order valence-electron chi connectivity index (χ4n) is 4.20. The number of halogens is 3. The highest BCUT2D eigenvalue weighted by molar-refractivity contribution is 7.90. The summed E-state index contributed by atoms with van der Waals surface area (Å²) in [6.07, 6.45) is 0. The highest BCUT2D eigenvalue weighted by atomic mass is 35.5. The molecule has 1 N–H and O–H groups in total. The van der Waals surface area contributed by atoms with Crippen LogP contribution in [-0.2, 0) is 10.0 Å². The molecule has 1 heterocycles. The molecule has 5 rings (SSSR count). The molecule has 1 aliphatic rings. The molecule has 0 amide bonds. The van der Waals surface area contributed by atoms with E-state index in [1.54, 1.807) is 12.1 Å². The summed E-state index contributed by atoms with van der Waals surface area (Å²) >= 11 is 12.1. The van der Waals surface area contributed by atoms with Crippen LogP contribution in [0.1, 0.15) is 22.6 Å². The third-order valence-corrected chi connectivity index (χ3v) is 7.96. The number of nitrogens with zero attached hydrogens (tertiary/aromatic N) is 3. The van der Waals surface area contributed by atoms with Crippen molar-refractivity contribution < 1.29 is 12.8 Å². The summed E-state index contributed by atoms with van der Waals surface area (Å²) in [5.41, 5.74) is 2.49. The lowest BCUT2D eigenvalue weighted by Gasteiger charge is -2.19. The Kier molecular flexibility index (Phi) is 7.61. The van der Waals surface area contributed by atoms with Gasteiger partial charge in [0.2, 0.25) is 0 Å². The summed E-state index contributed by atoms with van der Waals surface area (Å²) in [5, 5.41) is 16.0. The van der Waals surface area contributed by atoms with Gasteiger partial charge in [0.05, 0.1) is 17.2 Å². The second-order valence-electron chi connectivity index (χ2n) is 8.76. The van der Waals surface area contributed by atoms with Crippen molar-refractivity contribution in [1.29, 1.82) is 5.41 Å². The summed E-state index contributed by atoms with van der Waals surface area (Å²) in [7, 11) is -4.26. The van der Waals surface area contributed by atoms with Crippen LogP contribution in [0.3, 0.4) is 0 Å². The Balaban J connectivity index is 1.64. The quantitative estimate of drug-likeness (QED) is 0.202. The number of hydrogen-bond acceptors (Lipinski definition) is 4. The number of rotatable bonds is 6. The molecule has 0 spiro atoms. The summed E-state index contributed by atoms with van der Waals surface area (Å²) < 4.78 is 44.4. The van der Waals surface area contributed by atoms with Gasteiger partial charge in [-0.05, 0) is 71.8 Å². The number of nitrogens with one attached hydrogen (secondary N) is 1. The van der Waals surface area contributed by atoms with Gasteiger partial charge in [0, 0.05) is 21.5 Å². The maximum Gasteiger partial charge on any atom is 0.284 e. The van der Waals surface area contributed by atoms with Crippen molar-refractivity contribution in [1.82, 2.24) is 5.01 Å². The van der Waals surface area contributed by atoms with Crippen molar-refractivity contribution >= 4 is 50.5 Å². The van der Waals surface area contributed by atoms with Crippen LogP contribution in [0.25, 0.3) is 0 Å². The molecule has 4 aromatic rings. The van der Waals surface area contributed by atoms with Gasteiger partial charge in [-0.1, -0.05) is 65.7 Å². The van der Waals surface area contributed by atoms with Gasteiger partial charge in [-0.25, -0.2) is 9.40 Å². The van der Waals surface area contributed by atoms with Gasteiger partial charge in [0.1, 0.15) is 11.5 Å². The average molecular weight is 579 g/mol. The molecule has 0 aromatic heterocycles. The Hall–Kier alpha value is -3.85. The maximum absolute atomic E-state index is 13.6. The SMILES string of the molecule is N=C(/C(=N\S(=O)(=O)c1ccc(Cl)cc1)N1C[C@H](c2ccccc2)C(c2ccc(Cl)cc2)=N1)c1ccc(F)cc1. The molecule has 0 aliphatic carbocycles. The molecule has 0 saturated carbocycles. The Morgan fingerprint density at radius 2 is 1.46 bits per heavy atom. The highest BCUT2D eigenvalue weighted by Gasteiger charge is 2.34. The van der Waals surface area contributed by atoms with Crippen molar-refractivity contribution in [3.05, 3.63) is 136 Å². The summed E-state index contributed by atoms with van der Waals surface area (Å²) in [6.45, 7) is 0.223. The van der Waals surface area contributed by atoms with Crippen LogP contribution in [0.4, 0.5) is 4.39 Å². The average Bonchev–Trinajstić information content (AvgIpc) is 3.38. The topological polar surface area (TPSA) is 85.9 Å². The van der Waals surface area contributed by atoms with E-state index in [0.29, 0.717) is 15.8 Å². The molecule has 4 aromatic carbocycles. The Morgan fingerprint density at radius 3 is 2.08 bits per heavy atom. The van der Waals surface area contributed by atoms with Crippen LogP contribution >= 0.6 is 23.2 Å². The molecule has 0 bridgehead atoms. The zero-order chi connectivity index (χ0) is 27.6. The van der Waals surface area contributed by atoms with Crippen molar-refractivity contribution in [2.45, 2.75) is 10.8 Å². The van der Waals surface area contributed by atoms with Crippen molar-refractivity contribution in [3.8, 4) is 0 Å². The number of hydrazone groups is 1. The first-order valence-electron chi connectivity index (χ1n) is 11.8. The van der Waals surface area contributed by atoms with Gasteiger partial charge in [-0.15, -0.1) is 4.40 Å². The third kappa shape index (κ3) is 5.93. The molecule has 196 valence electrons. The van der Waals surface area contributed by atoms with Crippen LogP contribution in [-0.4, -0.2) is 37.2 Å². The molecular formula is C29H21Cl2FN4O2S. The molecule has 1 aliphatic heterocycles. The Morgan fingerprint density at radius 1 is 0.872 bits per heavy atom. The molecule has 10 heteroatoms. The van der Waals surface area contributed by atoms with E-state index >= 15 is 0 Å². The smallest absolute Gasteiger partial charge is 0.284 e. The van der Waals surface area contributed by atoms with Crippen LogP contribution < -0.4 is 0 Å². The minimum atomic E-state index is -4.26.